The summed E-state index contributed by atoms with van der Waals surface area (Å²) in [4.78, 5) is 17.4. The van der Waals surface area contributed by atoms with Crippen molar-refractivity contribution in [3.05, 3.63) is 77.2 Å². The Morgan fingerprint density at radius 2 is 1.86 bits per heavy atom. The first-order chi connectivity index (χ1) is 14.2. The van der Waals surface area contributed by atoms with Crippen LogP contribution in [0.1, 0.15) is 28.0 Å². The van der Waals surface area contributed by atoms with E-state index in [1.807, 2.05) is 4.90 Å². The minimum atomic E-state index is -0.288. The third-order valence-electron chi connectivity index (χ3n) is 6.08. The topological polar surface area (TPSA) is 52.2 Å². The number of aromatic nitrogens is 2. The molecule has 0 aliphatic carbocycles. The zero-order valence-electron chi connectivity index (χ0n) is 16.1. The van der Waals surface area contributed by atoms with E-state index < -0.39 is 0 Å². The third kappa shape index (κ3) is 3.56. The molecule has 0 bridgehead atoms. The van der Waals surface area contributed by atoms with Gasteiger partial charge in [-0.25, -0.2) is 4.39 Å². The van der Waals surface area contributed by atoms with Crippen molar-refractivity contribution in [1.82, 2.24) is 20.0 Å². The highest BCUT2D eigenvalue weighted by atomic mass is 19.1. The van der Waals surface area contributed by atoms with Crippen LogP contribution in [0.3, 0.4) is 0 Å². The first kappa shape index (κ1) is 18.1. The third-order valence-corrected chi connectivity index (χ3v) is 6.08. The van der Waals surface area contributed by atoms with E-state index in [9.17, 15) is 9.18 Å². The van der Waals surface area contributed by atoms with E-state index in [0.29, 0.717) is 17.4 Å². The Hall–Kier alpha value is -2.99. The zero-order chi connectivity index (χ0) is 19.8. The molecule has 3 aromatic rings. The van der Waals surface area contributed by atoms with E-state index >= 15 is 0 Å². The van der Waals surface area contributed by atoms with Gasteiger partial charge in [-0.1, -0.05) is 24.3 Å². The van der Waals surface area contributed by atoms with Crippen LogP contribution in [0.4, 0.5) is 4.39 Å². The van der Waals surface area contributed by atoms with E-state index in [0.717, 1.165) is 44.6 Å². The van der Waals surface area contributed by atoms with Crippen molar-refractivity contribution in [1.29, 1.82) is 0 Å². The lowest BCUT2D eigenvalue weighted by Crippen LogP contribution is -2.41. The number of likely N-dealkylation sites (tertiary alicyclic amines) is 1. The first-order valence-corrected chi connectivity index (χ1v) is 10.1. The standard InChI is InChI=1S/C23H23FN4O/c24-19-7-5-17(6-8-19)21-13-22(26-25-21)23(29)28-12-10-20(15-28)27-11-9-16-3-1-2-4-18(16)14-27/h1-8,13,20H,9-12,14-15H2,(H,25,26). The van der Waals surface area contributed by atoms with Crippen molar-refractivity contribution in [3.8, 4) is 11.3 Å². The summed E-state index contributed by atoms with van der Waals surface area (Å²) in [6.07, 6.45) is 2.06. The van der Waals surface area contributed by atoms with E-state index in [4.69, 9.17) is 0 Å². The Bertz CT molecular complexity index is 1030. The molecular weight excluding hydrogens is 367 g/mol. The molecule has 6 heteroatoms. The quantitative estimate of drug-likeness (QED) is 0.745. The van der Waals surface area contributed by atoms with Gasteiger partial charge in [-0.3, -0.25) is 14.8 Å². The van der Waals surface area contributed by atoms with Crippen molar-refractivity contribution in [3.63, 3.8) is 0 Å². The van der Waals surface area contributed by atoms with Crippen LogP contribution >= 0.6 is 0 Å². The fourth-order valence-electron chi connectivity index (χ4n) is 4.42. The van der Waals surface area contributed by atoms with Crippen LogP contribution in [0.2, 0.25) is 0 Å². The van der Waals surface area contributed by atoms with Crippen LogP contribution in [0.5, 0.6) is 0 Å². The molecule has 1 N–H and O–H groups in total. The highest BCUT2D eigenvalue weighted by Gasteiger charge is 2.32. The maximum Gasteiger partial charge on any atom is 0.271 e. The van der Waals surface area contributed by atoms with Crippen LogP contribution in [-0.2, 0) is 13.0 Å². The van der Waals surface area contributed by atoms with Gasteiger partial charge in [-0.15, -0.1) is 0 Å². The van der Waals surface area contributed by atoms with Gasteiger partial charge < -0.3 is 4.90 Å². The molecule has 0 radical (unpaired) electrons. The number of fused-ring (bicyclic) bond motifs is 1. The Balaban J connectivity index is 1.25. The van der Waals surface area contributed by atoms with Crippen LogP contribution < -0.4 is 0 Å². The lowest BCUT2D eigenvalue weighted by molar-refractivity contribution is 0.0767. The first-order valence-electron chi connectivity index (χ1n) is 10.1. The normalized spacial score (nSPS) is 19.3. The zero-order valence-corrected chi connectivity index (χ0v) is 16.1. The molecule has 1 atom stereocenters. The van der Waals surface area contributed by atoms with E-state index in [-0.39, 0.29) is 11.7 Å². The van der Waals surface area contributed by atoms with Crippen LogP contribution in [0.25, 0.3) is 11.3 Å². The number of aromatic amines is 1. The summed E-state index contributed by atoms with van der Waals surface area (Å²) in [6, 6.07) is 16.9. The maximum absolute atomic E-state index is 13.1. The lowest BCUT2D eigenvalue weighted by atomic mass is 9.98. The lowest BCUT2D eigenvalue weighted by Gasteiger charge is -2.33. The van der Waals surface area contributed by atoms with Crippen molar-refractivity contribution in [2.45, 2.75) is 25.4 Å². The fourth-order valence-corrected chi connectivity index (χ4v) is 4.42. The average molecular weight is 390 g/mol. The van der Waals surface area contributed by atoms with Crippen molar-refractivity contribution in [2.75, 3.05) is 19.6 Å². The Kier molecular flexibility index (Phi) is 4.64. The molecule has 0 saturated carbocycles. The number of H-pyrrole nitrogens is 1. The molecule has 148 valence electrons. The summed E-state index contributed by atoms with van der Waals surface area (Å²) >= 11 is 0. The molecule has 2 aromatic carbocycles. The minimum absolute atomic E-state index is 0.0224. The predicted molar refractivity (Wildman–Crippen MR) is 109 cm³/mol. The van der Waals surface area contributed by atoms with E-state index in [1.165, 1.54) is 23.3 Å². The molecule has 0 spiro atoms. The highest BCUT2D eigenvalue weighted by Crippen LogP contribution is 2.26. The molecule has 1 aromatic heterocycles. The molecule has 1 unspecified atom stereocenters. The summed E-state index contributed by atoms with van der Waals surface area (Å²) in [5.74, 6) is -0.310. The van der Waals surface area contributed by atoms with Crippen molar-refractivity contribution < 1.29 is 9.18 Å². The molecular formula is C23H23FN4O. The van der Waals surface area contributed by atoms with Crippen LogP contribution in [0, 0.1) is 5.82 Å². The van der Waals surface area contributed by atoms with Gasteiger partial charge >= 0.3 is 0 Å². The molecule has 29 heavy (non-hydrogen) atoms. The van der Waals surface area contributed by atoms with Gasteiger partial charge in [-0.05, 0) is 54.3 Å². The van der Waals surface area contributed by atoms with Gasteiger partial charge in [0.1, 0.15) is 11.5 Å². The summed E-state index contributed by atoms with van der Waals surface area (Å²) < 4.78 is 13.1. The molecule has 2 aliphatic rings. The van der Waals surface area contributed by atoms with Gasteiger partial charge in [-0.2, -0.15) is 5.10 Å². The molecule has 1 amide bonds. The van der Waals surface area contributed by atoms with Gasteiger partial charge in [0.2, 0.25) is 0 Å². The number of nitrogens with zero attached hydrogens (tertiary/aromatic N) is 3. The molecule has 2 aliphatic heterocycles. The number of hydrogen-bond acceptors (Lipinski definition) is 3. The largest absolute Gasteiger partial charge is 0.336 e. The number of rotatable bonds is 3. The summed E-state index contributed by atoms with van der Waals surface area (Å²) in [7, 11) is 0. The minimum Gasteiger partial charge on any atom is -0.336 e. The smallest absolute Gasteiger partial charge is 0.271 e. The second-order valence-corrected chi connectivity index (χ2v) is 7.86. The second-order valence-electron chi connectivity index (χ2n) is 7.86. The maximum atomic E-state index is 13.1. The second kappa shape index (κ2) is 7.44. The number of hydrogen-bond donors (Lipinski definition) is 1. The van der Waals surface area contributed by atoms with Crippen molar-refractivity contribution in [2.24, 2.45) is 0 Å². The van der Waals surface area contributed by atoms with Gasteiger partial charge in [0.15, 0.2) is 0 Å². The Labute approximate surface area is 169 Å². The highest BCUT2D eigenvalue weighted by molar-refractivity contribution is 5.93. The average Bonchev–Trinajstić information content (AvgIpc) is 3.44. The molecule has 1 fully saturated rings. The van der Waals surface area contributed by atoms with E-state index in [2.05, 4.69) is 39.4 Å². The number of halogens is 1. The molecule has 3 heterocycles. The molecule has 1 saturated heterocycles. The van der Waals surface area contributed by atoms with Gasteiger partial charge in [0, 0.05) is 37.8 Å². The molecule has 5 rings (SSSR count). The summed E-state index contributed by atoms with van der Waals surface area (Å²) in [6.45, 7) is 3.50. The van der Waals surface area contributed by atoms with E-state index in [1.54, 1.807) is 18.2 Å². The monoisotopic (exact) mass is 390 g/mol. The number of benzene rings is 2. The Morgan fingerprint density at radius 1 is 1.07 bits per heavy atom. The SMILES string of the molecule is O=C(c1cc(-c2ccc(F)cc2)n[nH]1)N1CCC(N2CCc3ccccc3C2)C1. The van der Waals surface area contributed by atoms with Crippen molar-refractivity contribution >= 4 is 5.91 Å². The van der Waals surface area contributed by atoms with Crippen LogP contribution in [-0.4, -0.2) is 51.6 Å². The van der Waals surface area contributed by atoms with Gasteiger partial charge in [0.05, 0.1) is 5.69 Å². The van der Waals surface area contributed by atoms with Crippen LogP contribution in [0.15, 0.2) is 54.6 Å². The number of carbonyl (C=O) groups is 1. The fraction of sp³-hybridized carbons (Fsp3) is 0.304. The molecule has 5 nitrogen and oxygen atoms in total. The predicted octanol–water partition coefficient (Wildman–Crippen LogP) is 3.49. The summed E-state index contributed by atoms with van der Waals surface area (Å²) in [5.41, 5.74) is 4.76. The number of carbonyl (C=O) groups excluding carboxylic acids is 1. The number of amides is 1. The van der Waals surface area contributed by atoms with Gasteiger partial charge in [0.25, 0.3) is 5.91 Å². The summed E-state index contributed by atoms with van der Waals surface area (Å²) in [5, 5.41) is 7.09. The number of nitrogens with one attached hydrogen (secondary N) is 1. The Morgan fingerprint density at radius 3 is 2.69 bits per heavy atom.